The van der Waals surface area contributed by atoms with Crippen LogP contribution in [0, 0.1) is 0 Å². The van der Waals surface area contributed by atoms with Crippen molar-refractivity contribution in [3.05, 3.63) is 235 Å². The normalized spacial score (nSPS) is 13.3. The third-order valence-corrected chi connectivity index (χ3v) is 13.1. The molecule has 0 aliphatic heterocycles. The first-order valence-corrected chi connectivity index (χ1v) is 20.3. The van der Waals surface area contributed by atoms with Crippen LogP contribution in [0.3, 0.4) is 0 Å². The van der Waals surface area contributed by atoms with Crippen molar-refractivity contribution in [2.24, 2.45) is 0 Å². The molecular weight excluding hydrogens is 699 g/mol. The first kappa shape index (κ1) is 31.7. The number of aromatic nitrogens is 1. The molecule has 1 heteroatoms. The number of hydrogen-bond acceptors (Lipinski definition) is 0. The molecule has 2 aliphatic rings. The highest BCUT2D eigenvalue weighted by Crippen LogP contribution is 2.65. The molecule has 0 N–H and O–H groups in total. The molecule has 1 spiro atoms. The van der Waals surface area contributed by atoms with Crippen LogP contribution in [-0.2, 0) is 5.41 Å². The van der Waals surface area contributed by atoms with Gasteiger partial charge in [-0.3, -0.25) is 0 Å². The minimum absolute atomic E-state index is 0.408. The van der Waals surface area contributed by atoms with Crippen LogP contribution in [0.25, 0.3) is 93.5 Å². The van der Waals surface area contributed by atoms with Crippen molar-refractivity contribution in [2.45, 2.75) is 5.41 Å². The molecule has 1 nitrogen and oxygen atoms in total. The van der Waals surface area contributed by atoms with Gasteiger partial charge in [0.1, 0.15) is 0 Å². The minimum Gasteiger partial charge on any atom is -0.309 e. The number of fused-ring (bicyclic) bond motifs is 16. The van der Waals surface area contributed by atoms with Crippen LogP contribution in [0.4, 0.5) is 0 Å². The summed E-state index contributed by atoms with van der Waals surface area (Å²) in [4.78, 5) is 0. The zero-order chi connectivity index (χ0) is 38.0. The summed E-state index contributed by atoms with van der Waals surface area (Å²) < 4.78 is 2.38. The zero-order valence-corrected chi connectivity index (χ0v) is 31.7. The van der Waals surface area contributed by atoms with Crippen molar-refractivity contribution in [2.75, 3.05) is 0 Å². The minimum atomic E-state index is -0.408. The highest BCUT2D eigenvalue weighted by molar-refractivity contribution is 6.12. The lowest BCUT2D eigenvalue weighted by atomic mass is 9.69. The summed E-state index contributed by atoms with van der Waals surface area (Å²) in [6.07, 6.45) is 0. The summed E-state index contributed by atoms with van der Waals surface area (Å²) in [5.41, 5.74) is 19.0. The van der Waals surface area contributed by atoms with E-state index in [-0.39, 0.29) is 0 Å². The van der Waals surface area contributed by atoms with E-state index in [4.69, 9.17) is 0 Å². The summed E-state index contributed by atoms with van der Waals surface area (Å²) in [5.74, 6) is 0. The first-order valence-electron chi connectivity index (χ1n) is 20.3. The number of rotatable bonds is 3. The Balaban J connectivity index is 0.996. The molecule has 11 aromatic rings. The maximum Gasteiger partial charge on any atom is 0.0731 e. The lowest BCUT2D eigenvalue weighted by molar-refractivity contribution is 0.801. The predicted octanol–water partition coefficient (Wildman–Crippen LogP) is 14.8. The number of hydrogen-bond donors (Lipinski definition) is 0. The van der Waals surface area contributed by atoms with Crippen LogP contribution < -0.4 is 0 Å². The van der Waals surface area contributed by atoms with E-state index in [2.05, 4.69) is 217 Å². The summed E-state index contributed by atoms with van der Waals surface area (Å²) in [6.45, 7) is 0. The van der Waals surface area contributed by atoms with E-state index in [0.717, 1.165) is 0 Å². The molecule has 1 aromatic heterocycles. The fourth-order valence-corrected chi connectivity index (χ4v) is 10.8. The molecule has 58 heavy (non-hydrogen) atoms. The van der Waals surface area contributed by atoms with Gasteiger partial charge in [0.15, 0.2) is 0 Å². The molecule has 0 saturated carbocycles. The van der Waals surface area contributed by atoms with Crippen molar-refractivity contribution >= 4 is 43.4 Å². The van der Waals surface area contributed by atoms with Gasteiger partial charge in [-0.05, 0) is 137 Å². The molecule has 0 amide bonds. The van der Waals surface area contributed by atoms with Crippen molar-refractivity contribution in [3.63, 3.8) is 0 Å². The van der Waals surface area contributed by atoms with Crippen LogP contribution in [0.5, 0.6) is 0 Å². The van der Waals surface area contributed by atoms with Crippen molar-refractivity contribution in [1.29, 1.82) is 0 Å². The van der Waals surface area contributed by atoms with Crippen LogP contribution in [-0.4, -0.2) is 4.57 Å². The second kappa shape index (κ2) is 11.8. The Bertz CT molecular complexity index is 3470. The van der Waals surface area contributed by atoms with E-state index >= 15 is 0 Å². The van der Waals surface area contributed by atoms with Gasteiger partial charge in [-0.25, -0.2) is 0 Å². The summed E-state index contributed by atoms with van der Waals surface area (Å²) >= 11 is 0. The highest BCUT2D eigenvalue weighted by atomic mass is 15.0. The SMILES string of the molecule is c1ccc(-n2c3ccccc3c3cc(-c4ccc5cc(-c6cc7ccccc7c7c6-c6ccccc6C76c7ccccc7-c7ccccc76)ccc5c4)ccc32)cc1. The lowest BCUT2D eigenvalue weighted by Gasteiger charge is -2.31. The molecule has 0 bridgehead atoms. The summed E-state index contributed by atoms with van der Waals surface area (Å²) in [7, 11) is 0. The largest absolute Gasteiger partial charge is 0.309 e. The van der Waals surface area contributed by atoms with Gasteiger partial charge in [0.25, 0.3) is 0 Å². The van der Waals surface area contributed by atoms with Crippen LogP contribution in [0.2, 0.25) is 0 Å². The maximum atomic E-state index is 2.44. The van der Waals surface area contributed by atoms with Crippen molar-refractivity contribution in [3.8, 4) is 50.2 Å². The topological polar surface area (TPSA) is 4.93 Å². The second-order valence-corrected chi connectivity index (χ2v) is 16.0. The van der Waals surface area contributed by atoms with Crippen LogP contribution in [0.1, 0.15) is 22.3 Å². The van der Waals surface area contributed by atoms with Gasteiger partial charge in [-0.15, -0.1) is 0 Å². The number of nitrogens with zero attached hydrogens (tertiary/aromatic N) is 1. The Morgan fingerprint density at radius 1 is 0.310 bits per heavy atom. The second-order valence-electron chi connectivity index (χ2n) is 16.0. The van der Waals surface area contributed by atoms with Crippen LogP contribution >= 0.6 is 0 Å². The predicted molar refractivity (Wildman–Crippen MR) is 243 cm³/mol. The van der Waals surface area contributed by atoms with E-state index in [1.165, 1.54) is 116 Å². The standard InChI is InChI=1S/C57H35N/c1-2-15-42(16-3-1)58-53-25-13-9-20-46(53)49-34-39(30-31-54(49)58)37-26-27-38-33-41(29-28-36(38)32-37)48-35-40-14-4-5-17-43(40)56-55(48)47-21-8-12-24-52(47)57(56)50-22-10-6-18-44(50)45-19-7-11-23-51(45)57/h1-35H. The van der Waals surface area contributed by atoms with E-state index in [9.17, 15) is 0 Å². The molecule has 10 aromatic carbocycles. The molecule has 0 radical (unpaired) electrons. The molecule has 1 heterocycles. The Hall–Kier alpha value is -7.48. The smallest absolute Gasteiger partial charge is 0.0731 e. The Morgan fingerprint density at radius 3 is 1.60 bits per heavy atom. The van der Waals surface area contributed by atoms with Gasteiger partial charge in [-0.1, -0.05) is 164 Å². The average Bonchev–Trinajstić information content (AvgIpc) is 3.91. The highest BCUT2D eigenvalue weighted by Gasteiger charge is 2.52. The van der Waals surface area contributed by atoms with Crippen molar-refractivity contribution in [1.82, 2.24) is 4.57 Å². The maximum absolute atomic E-state index is 2.44. The van der Waals surface area contributed by atoms with Gasteiger partial charge in [-0.2, -0.15) is 0 Å². The van der Waals surface area contributed by atoms with E-state index in [0.29, 0.717) is 0 Å². The fraction of sp³-hybridized carbons (Fsp3) is 0.0175. The molecule has 0 atom stereocenters. The van der Waals surface area contributed by atoms with Crippen LogP contribution in [0.15, 0.2) is 212 Å². The fourth-order valence-electron chi connectivity index (χ4n) is 10.8. The third-order valence-electron chi connectivity index (χ3n) is 13.1. The molecule has 0 saturated heterocycles. The summed E-state index contributed by atoms with van der Waals surface area (Å²) in [5, 5.41) is 7.60. The van der Waals surface area contributed by atoms with Gasteiger partial charge >= 0.3 is 0 Å². The lowest BCUT2D eigenvalue weighted by Crippen LogP contribution is -2.26. The Kier molecular flexibility index (Phi) is 6.43. The Morgan fingerprint density at radius 2 is 0.845 bits per heavy atom. The monoisotopic (exact) mass is 733 g/mol. The first-order chi connectivity index (χ1) is 28.8. The van der Waals surface area contributed by atoms with Gasteiger partial charge < -0.3 is 4.57 Å². The van der Waals surface area contributed by atoms with Gasteiger partial charge in [0.2, 0.25) is 0 Å². The van der Waals surface area contributed by atoms with E-state index in [1.54, 1.807) is 0 Å². The summed E-state index contributed by atoms with van der Waals surface area (Å²) in [6, 6.07) is 79.2. The molecule has 268 valence electrons. The Labute approximate surface area is 336 Å². The average molecular weight is 734 g/mol. The quantitative estimate of drug-likeness (QED) is 0.170. The number of para-hydroxylation sites is 2. The van der Waals surface area contributed by atoms with Crippen molar-refractivity contribution < 1.29 is 0 Å². The van der Waals surface area contributed by atoms with E-state index in [1.807, 2.05) is 0 Å². The molecule has 0 unspecified atom stereocenters. The molecular formula is C57H35N. The van der Waals surface area contributed by atoms with E-state index < -0.39 is 5.41 Å². The van der Waals surface area contributed by atoms with Gasteiger partial charge in [0.05, 0.1) is 16.4 Å². The van der Waals surface area contributed by atoms with Gasteiger partial charge in [0, 0.05) is 16.5 Å². The third kappa shape index (κ3) is 4.15. The number of benzene rings is 10. The zero-order valence-electron chi connectivity index (χ0n) is 31.7. The molecule has 0 fully saturated rings. The molecule has 13 rings (SSSR count). The molecule has 2 aliphatic carbocycles.